The van der Waals surface area contributed by atoms with Crippen molar-refractivity contribution in [2.75, 3.05) is 25.1 Å². The van der Waals surface area contributed by atoms with Gasteiger partial charge < -0.3 is 14.4 Å². The van der Waals surface area contributed by atoms with Crippen LogP contribution in [0.4, 0.5) is 5.69 Å². The summed E-state index contributed by atoms with van der Waals surface area (Å²) < 4.78 is 10.8. The molecular formula is C23H25ClN2O3. The predicted molar refractivity (Wildman–Crippen MR) is 117 cm³/mol. The average Bonchev–Trinajstić information content (AvgIpc) is 3.14. The lowest BCUT2D eigenvalue weighted by molar-refractivity contribution is -0.140. The predicted octanol–water partition coefficient (Wildman–Crippen LogP) is 5.07. The molecule has 6 heteroatoms. The minimum absolute atomic E-state index is 0. The zero-order valence-corrected chi connectivity index (χ0v) is 17.5. The Balaban J connectivity index is 0.00000240. The van der Waals surface area contributed by atoms with Crippen LogP contribution < -0.4 is 9.64 Å². The Morgan fingerprint density at radius 1 is 1.14 bits per heavy atom. The maximum atomic E-state index is 11.4. The molecule has 0 amide bonds. The molecule has 0 atom stereocenters. The summed E-state index contributed by atoms with van der Waals surface area (Å²) >= 11 is 0. The minimum atomic E-state index is -0.159. The fourth-order valence-electron chi connectivity index (χ4n) is 3.83. The number of halogens is 1. The number of anilines is 1. The Morgan fingerprint density at radius 3 is 2.69 bits per heavy atom. The number of fused-ring (bicyclic) bond motifs is 3. The molecule has 0 fully saturated rings. The molecule has 1 aliphatic heterocycles. The summed E-state index contributed by atoms with van der Waals surface area (Å²) in [6.45, 7) is 3.84. The van der Waals surface area contributed by atoms with E-state index in [9.17, 15) is 4.79 Å². The summed E-state index contributed by atoms with van der Waals surface area (Å²) in [4.78, 5) is 18.6. The van der Waals surface area contributed by atoms with Gasteiger partial charge >= 0.3 is 5.97 Å². The molecule has 3 aromatic rings. The van der Waals surface area contributed by atoms with Crippen LogP contribution in [0.5, 0.6) is 11.5 Å². The normalized spacial score (nSPS) is 12.4. The second-order valence-corrected chi connectivity index (χ2v) is 7.04. The molecule has 29 heavy (non-hydrogen) atoms. The summed E-state index contributed by atoms with van der Waals surface area (Å²) in [6, 6.07) is 15.8. The molecule has 152 valence electrons. The molecular weight excluding hydrogens is 388 g/mol. The van der Waals surface area contributed by atoms with Crippen LogP contribution in [0.15, 0.2) is 48.5 Å². The fourth-order valence-corrected chi connectivity index (χ4v) is 3.83. The Morgan fingerprint density at radius 2 is 1.93 bits per heavy atom. The van der Waals surface area contributed by atoms with Crippen molar-refractivity contribution in [3.63, 3.8) is 0 Å². The first-order valence-corrected chi connectivity index (χ1v) is 9.63. The number of rotatable bonds is 6. The first-order chi connectivity index (χ1) is 13.7. The van der Waals surface area contributed by atoms with Crippen molar-refractivity contribution in [3.05, 3.63) is 59.8 Å². The number of hydrogen-bond donors (Lipinski definition) is 0. The lowest BCUT2D eigenvalue weighted by Crippen LogP contribution is -2.22. The zero-order chi connectivity index (χ0) is 19.5. The van der Waals surface area contributed by atoms with E-state index >= 15 is 0 Å². The number of benzene rings is 2. The monoisotopic (exact) mass is 412 g/mol. The van der Waals surface area contributed by atoms with Crippen LogP contribution in [0, 0.1) is 6.92 Å². The maximum absolute atomic E-state index is 11.4. The number of pyridine rings is 1. The molecule has 1 aliphatic rings. The van der Waals surface area contributed by atoms with E-state index in [1.54, 1.807) is 0 Å². The standard InChI is InChI=1S/C23H24N2O3.ClH/c1-16-19-12-14-25(13-6-9-22(26)27-2)23(19)20-15-18(10-11-21(20)24-16)28-17-7-4-3-5-8-17;/h3-5,7-8,10-11,15H,6,9,12-14H2,1-2H3;1H. The van der Waals surface area contributed by atoms with Crippen LogP contribution in [-0.2, 0) is 16.0 Å². The van der Waals surface area contributed by atoms with Gasteiger partial charge in [-0.3, -0.25) is 9.78 Å². The molecule has 0 saturated heterocycles. The topological polar surface area (TPSA) is 51.7 Å². The Hall–Kier alpha value is -2.79. The number of nitrogens with zero attached hydrogens (tertiary/aromatic N) is 2. The lowest BCUT2D eigenvalue weighted by atomic mass is 10.1. The summed E-state index contributed by atoms with van der Waals surface area (Å²) in [5.41, 5.74) is 4.57. The molecule has 5 nitrogen and oxygen atoms in total. The van der Waals surface area contributed by atoms with Crippen LogP contribution in [0.1, 0.15) is 24.1 Å². The van der Waals surface area contributed by atoms with Gasteiger partial charge in [0, 0.05) is 30.6 Å². The van der Waals surface area contributed by atoms with Crippen molar-refractivity contribution in [3.8, 4) is 11.5 Å². The van der Waals surface area contributed by atoms with E-state index in [1.807, 2.05) is 42.5 Å². The van der Waals surface area contributed by atoms with Gasteiger partial charge in [0.25, 0.3) is 0 Å². The number of aromatic nitrogens is 1. The molecule has 0 N–H and O–H groups in total. The number of ether oxygens (including phenoxy) is 2. The van der Waals surface area contributed by atoms with Crippen molar-refractivity contribution in [2.24, 2.45) is 0 Å². The van der Waals surface area contributed by atoms with Crippen LogP contribution in [0.3, 0.4) is 0 Å². The van der Waals surface area contributed by atoms with Gasteiger partial charge in [-0.1, -0.05) is 18.2 Å². The molecule has 4 rings (SSSR count). The number of aryl methyl sites for hydroxylation is 1. The highest BCUT2D eigenvalue weighted by atomic mass is 35.5. The van der Waals surface area contributed by atoms with Gasteiger partial charge in [-0.2, -0.15) is 0 Å². The third-order valence-corrected chi connectivity index (χ3v) is 5.20. The molecule has 2 heterocycles. The molecule has 0 spiro atoms. The highest BCUT2D eigenvalue weighted by Crippen LogP contribution is 2.38. The molecule has 1 aromatic heterocycles. The zero-order valence-electron chi connectivity index (χ0n) is 16.7. The van der Waals surface area contributed by atoms with Gasteiger partial charge in [-0.15, -0.1) is 12.4 Å². The van der Waals surface area contributed by atoms with Crippen molar-refractivity contribution in [1.29, 1.82) is 0 Å². The number of carbonyl (C=O) groups is 1. The van der Waals surface area contributed by atoms with Gasteiger partial charge in [-0.05, 0) is 55.7 Å². The quantitative estimate of drug-likeness (QED) is 0.529. The smallest absolute Gasteiger partial charge is 0.305 e. The van der Waals surface area contributed by atoms with Gasteiger partial charge in [0.1, 0.15) is 11.5 Å². The van der Waals surface area contributed by atoms with Crippen LogP contribution in [0.2, 0.25) is 0 Å². The van der Waals surface area contributed by atoms with Crippen molar-refractivity contribution in [1.82, 2.24) is 4.98 Å². The molecule has 0 saturated carbocycles. The van der Waals surface area contributed by atoms with Gasteiger partial charge in [0.15, 0.2) is 0 Å². The summed E-state index contributed by atoms with van der Waals surface area (Å²) in [7, 11) is 1.43. The third kappa shape index (κ3) is 4.46. The second kappa shape index (κ2) is 9.14. The number of hydrogen-bond acceptors (Lipinski definition) is 5. The molecule has 0 radical (unpaired) electrons. The van der Waals surface area contributed by atoms with E-state index < -0.39 is 0 Å². The molecule has 0 unspecified atom stereocenters. The first kappa shape index (κ1) is 20.9. The summed E-state index contributed by atoms with van der Waals surface area (Å²) in [5.74, 6) is 1.45. The molecule has 0 aliphatic carbocycles. The fraction of sp³-hybridized carbons (Fsp3) is 0.304. The lowest BCUT2D eigenvalue weighted by Gasteiger charge is -2.21. The Kier molecular flexibility index (Phi) is 6.60. The number of carbonyl (C=O) groups excluding carboxylic acids is 1. The Bertz CT molecular complexity index is 1010. The van der Waals surface area contributed by atoms with E-state index in [0.29, 0.717) is 6.42 Å². The van der Waals surface area contributed by atoms with Crippen LogP contribution in [0.25, 0.3) is 10.9 Å². The first-order valence-electron chi connectivity index (χ1n) is 9.63. The average molecular weight is 413 g/mol. The third-order valence-electron chi connectivity index (χ3n) is 5.20. The number of methoxy groups -OCH3 is 1. The molecule has 0 bridgehead atoms. The van der Waals surface area contributed by atoms with E-state index in [1.165, 1.54) is 18.4 Å². The highest BCUT2D eigenvalue weighted by Gasteiger charge is 2.24. The van der Waals surface area contributed by atoms with Crippen LogP contribution in [-0.4, -0.2) is 31.2 Å². The number of para-hydroxylation sites is 1. The largest absolute Gasteiger partial charge is 0.469 e. The Labute approximate surface area is 177 Å². The van der Waals surface area contributed by atoms with Gasteiger partial charge in [-0.25, -0.2) is 0 Å². The van der Waals surface area contributed by atoms with Crippen molar-refractivity contribution >= 4 is 35.0 Å². The summed E-state index contributed by atoms with van der Waals surface area (Å²) in [6.07, 6.45) is 2.19. The SMILES string of the molecule is COC(=O)CCCN1CCc2c(C)nc3ccc(Oc4ccccc4)cc3c21.Cl. The van der Waals surface area contributed by atoms with E-state index in [4.69, 9.17) is 14.5 Å². The highest BCUT2D eigenvalue weighted by molar-refractivity contribution is 5.96. The summed E-state index contributed by atoms with van der Waals surface area (Å²) in [5, 5.41) is 1.10. The maximum Gasteiger partial charge on any atom is 0.305 e. The minimum Gasteiger partial charge on any atom is -0.469 e. The van der Waals surface area contributed by atoms with Gasteiger partial charge in [0.2, 0.25) is 0 Å². The number of esters is 1. The van der Waals surface area contributed by atoms with E-state index in [0.717, 1.165) is 54.0 Å². The van der Waals surface area contributed by atoms with E-state index in [-0.39, 0.29) is 18.4 Å². The van der Waals surface area contributed by atoms with Crippen LogP contribution >= 0.6 is 12.4 Å². The van der Waals surface area contributed by atoms with Gasteiger partial charge in [0.05, 0.1) is 18.3 Å². The second-order valence-electron chi connectivity index (χ2n) is 7.04. The molecule has 2 aromatic carbocycles. The van der Waals surface area contributed by atoms with E-state index in [2.05, 4.69) is 17.9 Å². The van der Waals surface area contributed by atoms with Crippen molar-refractivity contribution < 1.29 is 14.3 Å². The van der Waals surface area contributed by atoms with Crippen molar-refractivity contribution in [2.45, 2.75) is 26.2 Å².